The van der Waals surface area contributed by atoms with Gasteiger partial charge in [-0.05, 0) is 40.5 Å². The molecule has 0 spiro atoms. The van der Waals surface area contributed by atoms with E-state index in [4.69, 9.17) is 9.47 Å². The number of fused-ring (bicyclic) bond motifs is 1. The first-order valence-corrected chi connectivity index (χ1v) is 7.55. The molecule has 2 heterocycles. The molecular weight excluding hydrogens is 344 g/mol. The summed E-state index contributed by atoms with van der Waals surface area (Å²) in [7, 11) is 0. The van der Waals surface area contributed by atoms with Gasteiger partial charge in [-0.2, -0.15) is 0 Å². The number of rotatable bonds is 2. The van der Waals surface area contributed by atoms with E-state index in [1.807, 2.05) is 0 Å². The molecule has 0 aromatic heterocycles. The van der Waals surface area contributed by atoms with Crippen LogP contribution in [0.2, 0.25) is 0 Å². The van der Waals surface area contributed by atoms with Gasteiger partial charge in [-0.25, -0.2) is 0 Å². The van der Waals surface area contributed by atoms with Crippen LogP contribution >= 0.6 is 28.3 Å². The lowest BCUT2D eigenvalue weighted by Gasteiger charge is -2.32. The number of hydrogen-bond acceptors (Lipinski definition) is 4. The second kappa shape index (κ2) is 6.98. The van der Waals surface area contributed by atoms with Crippen LogP contribution in [0.5, 0.6) is 11.5 Å². The summed E-state index contributed by atoms with van der Waals surface area (Å²) in [6.45, 7) is 7.69. The van der Waals surface area contributed by atoms with Gasteiger partial charge in [-0.1, -0.05) is 0 Å². The van der Waals surface area contributed by atoms with Crippen LogP contribution in [0.1, 0.15) is 12.5 Å². The largest absolute Gasteiger partial charge is 0.486 e. The predicted molar refractivity (Wildman–Crippen MR) is 85.1 cm³/mol. The Hall–Kier alpha value is -0.490. The molecule has 1 N–H and O–H groups in total. The lowest BCUT2D eigenvalue weighted by atomic mass is 10.1. The summed E-state index contributed by atoms with van der Waals surface area (Å²) in [5.74, 6) is 1.70. The van der Waals surface area contributed by atoms with Crippen LogP contribution < -0.4 is 14.8 Å². The van der Waals surface area contributed by atoms with Crippen LogP contribution in [0.25, 0.3) is 0 Å². The molecule has 1 aromatic rings. The van der Waals surface area contributed by atoms with Crippen LogP contribution in [-0.2, 0) is 6.54 Å². The normalized spacial score (nSPS) is 22.2. The molecule has 0 bridgehead atoms. The van der Waals surface area contributed by atoms with E-state index in [0.717, 1.165) is 42.2 Å². The third kappa shape index (κ3) is 3.58. The predicted octanol–water partition coefficient (Wildman–Crippen LogP) is 2.44. The zero-order valence-electron chi connectivity index (χ0n) is 11.5. The van der Waals surface area contributed by atoms with E-state index in [0.29, 0.717) is 19.3 Å². The van der Waals surface area contributed by atoms with E-state index in [-0.39, 0.29) is 12.4 Å². The maximum Gasteiger partial charge on any atom is 0.175 e. The van der Waals surface area contributed by atoms with Gasteiger partial charge in [0, 0.05) is 32.2 Å². The second-order valence-corrected chi connectivity index (χ2v) is 6.05. The minimum Gasteiger partial charge on any atom is -0.486 e. The van der Waals surface area contributed by atoms with E-state index in [1.54, 1.807) is 0 Å². The van der Waals surface area contributed by atoms with E-state index >= 15 is 0 Å². The van der Waals surface area contributed by atoms with Crippen LogP contribution in [0.4, 0.5) is 0 Å². The molecule has 4 nitrogen and oxygen atoms in total. The highest BCUT2D eigenvalue weighted by atomic mass is 79.9. The Bertz CT molecular complexity index is 473. The number of nitrogens with zero attached hydrogens (tertiary/aromatic N) is 1. The van der Waals surface area contributed by atoms with Crippen LogP contribution in [-0.4, -0.2) is 43.8 Å². The minimum atomic E-state index is 0. The van der Waals surface area contributed by atoms with E-state index in [9.17, 15) is 0 Å². The van der Waals surface area contributed by atoms with Crippen molar-refractivity contribution in [3.63, 3.8) is 0 Å². The molecule has 112 valence electrons. The molecule has 20 heavy (non-hydrogen) atoms. The van der Waals surface area contributed by atoms with Crippen molar-refractivity contribution in [3.8, 4) is 11.5 Å². The topological polar surface area (TPSA) is 33.7 Å². The summed E-state index contributed by atoms with van der Waals surface area (Å²) < 4.78 is 12.3. The maximum absolute atomic E-state index is 5.67. The lowest BCUT2D eigenvalue weighted by Crippen LogP contribution is -2.48. The van der Waals surface area contributed by atoms with Crippen molar-refractivity contribution >= 4 is 28.3 Å². The third-order valence-corrected chi connectivity index (χ3v) is 4.10. The first-order valence-electron chi connectivity index (χ1n) is 6.76. The first-order chi connectivity index (χ1) is 9.22. The summed E-state index contributed by atoms with van der Waals surface area (Å²) in [6.07, 6.45) is 0. The fourth-order valence-corrected chi connectivity index (χ4v) is 3.27. The Morgan fingerprint density at radius 1 is 1.35 bits per heavy atom. The molecule has 2 aliphatic rings. The van der Waals surface area contributed by atoms with Crippen molar-refractivity contribution in [2.75, 3.05) is 32.8 Å². The van der Waals surface area contributed by atoms with Crippen LogP contribution in [0.3, 0.4) is 0 Å². The fourth-order valence-electron chi connectivity index (χ4n) is 2.67. The van der Waals surface area contributed by atoms with Gasteiger partial charge in [0.05, 0.1) is 4.47 Å². The summed E-state index contributed by atoms with van der Waals surface area (Å²) in [5, 5.41) is 3.46. The van der Waals surface area contributed by atoms with Crippen LogP contribution in [0, 0.1) is 0 Å². The molecule has 0 amide bonds. The standard InChI is InChI=1S/C14H19BrN2O2.ClH/c1-10-8-17(3-2-16-10)9-11-6-12(15)14-13(7-11)18-4-5-19-14;/h6-7,10,16H,2-5,8-9H2,1H3;1H/t10-;/m1./s1. The number of ether oxygens (including phenoxy) is 2. The molecule has 0 aliphatic carbocycles. The number of piperazine rings is 1. The Labute approximate surface area is 134 Å². The van der Waals surface area contributed by atoms with Crippen molar-refractivity contribution in [2.45, 2.75) is 19.5 Å². The van der Waals surface area contributed by atoms with Gasteiger partial charge in [0.1, 0.15) is 13.2 Å². The van der Waals surface area contributed by atoms with Gasteiger partial charge in [-0.15, -0.1) is 12.4 Å². The minimum absolute atomic E-state index is 0. The summed E-state index contributed by atoms with van der Waals surface area (Å²) >= 11 is 3.57. The second-order valence-electron chi connectivity index (χ2n) is 5.19. The molecule has 1 saturated heterocycles. The summed E-state index contributed by atoms with van der Waals surface area (Å²) in [6, 6.07) is 4.81. The van der Waals surface area contributed by atoms with E-state index in [1.165, 1.54) is 5.56 Å². The molecule has 0 radical (unpaired) electrons. The molecule has 1 atom stereocenters. The summed E-state index contributed by atoms with van der Waals surface area (Å²) in [5.41, 5.74) is 1.27. The highest BCUT2D eigenvalue weighted by Gasteiger charge is 2.19. The van der Waals surface area contributed by atoms with Crippen molar-refractivity contribution < 1.29 is 9.47 Å². The molecule has 6 heteroatoms. The van der Waals surface area contributed by atoms with Gasteiger partial charge < -0.3 is 14.8 Å². The number of halogens is 2. The molecule has 3 rings (SSSR count). The highest BCUT2D eigenvalue weighted by Crippen LogP contribution is 2.38. The first kappa shape index (κ1) is 15.9. The Balaban J connectivity index is 0.00000147. The lowest BCUT2D eigenvalue weighted by molar-refractivity contribution is 0.169. The van der Waals surface area contributed by atoms with Gasteiger partial charge in [0.25, 0.3) is 0 Å². The molecule has 1 aromatic carbocycles. The van der Waals surface area contributed by atoms with Gasteiger partial charge >= 0.3 is 0 Å². The Morgan fingerprint density at radius 2 is 2.15 bits per heavy atom. The van der Waals surface area contributed by atoms with Crippen molar-refractivity contribution in [3.05, 3.63) is 22.2 Å². The molecular formula is C14H20BrClN2O2. The molecule has 1 fully saturated rings. The Morgan fingerprint density at radius 3 is 2.95 bits per heavy atom. The highest BCUT2D eigenvalue weighted by molar-refractivity contribution is 9.10. The maximum atomic E-state index is 5.67. The zero-order chi connectivity index (χ0) is 13.2. The number of benzene rings is 1. The van der Waals surface area contributed by atoms with E-state index < -0.39 is 0 Å². The quantitative estimate of drug-likeness (QED) is 0.875. The zero-order valence-corrected chi connectivity index (χ0v) is 13.9. The van der Waals surface area contributed by atoms with Crippen LogP contribution in [0.15, 0.2) is 16.6 Å². The van der Waals surface area contributed by atoms with Gasteiger partial charge in [0.2, 0.25) is 0 Å². The SMILES string of the molecule is C[C@@H]1CN(Cc2cc(Br)c3c(c2)OCCO3)CCN1.Cl. The van der Waals surface area contributed by atoms with Gasteiger partial charge in [-0.3, -0.25) is 4.90 Å². The number of hydrogen-bond donors (Lipinski definition) is 1. The Kier molecular flexibility index (Phi) is 5.55. The molecule has 0 saturated carbocycles. The fraction of sp³-hybridized carbons (Fsp3) is 0.571. The monoisotopic (exact) mass is 362 g/mol. The van der Waals surface area contributed by atoms with Crippen molar-refractivity contribution in [1.82, 2.24) is 10.2 Å². The smallest absolute Gasteiger partial charge is 0.175 e. The van der Waals surface area contributed by atoms with Crippen molar-refractivity contribution in [1.29, 1.82) is 0 Å². The summed E-state index contributed by atoms with van der Waals surface area (Å²) in [4.78, 5) is 2.47. The molecule has 0 unspecified atom stereocenters. The number of nitrogens with one attached hydrogen (secondary N) is 1. The average molecular weight is 364 g/mol. The third-order valence-electron chi connectivity index (χ3n) is 3.52. The van der Waals surface area contributed by atoms with E-state index in [2.05, 4.69) is 45.2 Å². The van der Waals surface area contributed by atoms with Gasteiger partial charge in [0.15, 0.2) is 11.5 Å². The average Bonchev–Trinajstić information content (AvgIpc) is 2.39. The molecule has 2 aliphatic heterocycles. The van der Waals surface area contributed by atoms with Crippen molar-refractivity contribution in [2.24, 2.45) is 0 Å².